The number of hydrogen-bond donors (Lipinski definition) is 3. The fourth-order valence-corrected chi connectivity index (χ4v) is 5.15. The lowest BCUT2D eigenvalue weighted by atomic mass is 9.83. The Balaban J connectivity index is 1.63. The lowest BCUT2D eigenvalue weighted by molar-refractivity contribution is -0.144. The van der Waals surface area contributed by atoms with E-state index in [1.807, 2.05) is 37.3 Å². The van der Waals surface area contributed by atoms with Crippen molar-refractivity contribution in [1.29, 1.82) is 0 Å². The number of aliphatic carboxylic acids is 1. The van der Waals surface area contributed by atoms with Crippen LogP contribution in [0, 0.1) is 11.8 Å². The van der Waals surface area contributed by atoms with Crippen LogP contribution in [0.1, 0.15) is 39.2 Å². The van der Waals surface area contributed by atoms with Gasteiger partial charge in [-0.2, -0.15) is 0 Å². The number of carbonyl (C=O) groups is 1. The number of carboxylic acids is 1. The number of aliphatic hydroxyl groups is 1. The van der Waals surface area contributed by atoms with Gasteiger partial charge in [0.1, 0.15) is 17.3 Å². The summed E-state index contributed by atoms with van der Waals surface area (Å²) < 4.78 is 6.16. The van der Waals surface area contributed by atoms with Crippen LogP contribution in [0.4, 0.5) is 5.69 Å². The topological polar surface area (TPSA) is 94.4 Å². The number of aliphatic imine (C=N–C) groups is 1. The van der Waals surface area contributed by atoms with Crippen molar-refractivity contribution in [2.45, 2.75) is 45.3 Å². The van der Waals surface area contributed by atoms with Gasteiger partial charge in [0.05, 0.1) is 17.1 Å². The highest BCUT2D eigenvalue weighted by Crippen LogP contribution is 2.39. The van der Waals surface area contributed by atoms with Gasteiger partial charge in [-0.3, -0.25) is 4.79 Å². The van der Waals surface area contributed by atoms with Gasteiger partial charge in [-0.1, -0.05) is 30.7 Å². The lowest BCUT2D eigenvalue weighted by Gasteiger charge is -2.39. The van der Waals surface area contributed by atoms with Crippen LogP contribution in [-0.4, -0.2) is 58.2 Å². The summed E-state index contributed by atoms with van der Waals surface area (Å²) in [5.74, 6) is 0.729. The first-order valence-electron chi connectivity index (χ1n) is 11.7. The highest BCUT2D eigenvalue weighted by molar-refractivity contribution is 6.31. The van der Waals surface area contributed by atoms with Crippen molar-refractivity contribution in [3.63, 3.8) is 0 Å². The molecule has 0 saturated carbocycles. The number of amidine groups is 1. The fraction of sp³-hybridized carbons (Fsp3) is 0.462. The van der Waals surface area contributed by atoms with Crippen molar-refractivity contribution in [3.8, 4) is 11.5 Å². The number of halogens is 1. The van der Waals surface area contributed by atoms with E-state index in [2.05, 4.69) is 10.2 Å². The van der Waals surface area contributed by atoms with Crippen molar-refractivity contribution >= 4 is 29.1 Å². The van der Waals surface area contributed by atoms with E-state index in [0.717, 1.165) is 11.4 Å². The van der Waals surface area contributed by atoms with E-state index in [4.69, 9.17) is 21.3 Å². The second-order valence-corrected chi connectivity index (χ2v) is 10.4. The molecule has 4 rings (SSSR count). The van der Waals surface area contributed by atoms with E-state index in [-0.39, 0.29) is 12.0 Å². The van der Waals surface area contributed by atoms with Crippen molar-refractivity contribution in [2.24, 2.45) is 16.8 Å². The van der Waals surface area contributed by atoms with E-state index in [9.17, 15) is 15.0 Å². The summed E-state index contributed by atoms with van der Waals surface area (Å²) in [6.07, 6.45) is 1.03. The molecule has 182 valence electrons. The molecule has 7 nitrogen and oxygen atoms in total. The summed E-state index contributed by atoms with van der Waals surface area (Å²) in [6.45, 7) is 7.33. The maximum absolute atomic E-state index is 12.3. The second-order valence-electron chi connectivity index (χ2n) is 9.95. The van der Waals surface area contributed by atoms with Gasteiger partial charge < -0.3 is 25.2 Å². The maximum Gasteiger partial charge on any atom is 0.308 e. The Morgan fingerprint density at radius 1 is 1.29 bits per heavy atom. The normalized spacial score (nSPS) is 19.7. The molecule has 0 bridgehead atoms. The Bertz CT molecular complexity index is 1080. The Labute approximate surface area is 205 Å². The van der Waals surface area contributed by atoms with E-state index < -0.39 is 17.5 Å². The van der Waals surface area contributed by atoms with E-state index in [1.54, 1.807) is 26.0 Å². The molecule has 0 spiro atoms. The number of nitrogens with zero attached hydrogens (tertiary/aromatic N) is 2. The molecule has 1 fully saturated rings. The van der Waals surface area contributed by atoms with Crippen LogP contribution in [-0.2, 0) is 4.79 Å². The van der Waals surface area contributed by atoms with Gasteiger partial charge in [0, 0.05) is 30.7 Å². The van der Waals surface area contributed by atoms with Gasteiger partial charge in [-0.05, 0) is 62.9 Å². The van der Waals surface area contributed by atoms with E-state index in [0.29, 0.717) is 54.7 Å². The Hall–Kier alpha value is -2.61. The standard InChI is InChI=1S/C26H32ClN3O4/c1-16(14-26(2,3)33)12-19(25(31)32)21-15-30(11-10-28-21)24-18-6-4-5-7-22(18)34-23-9-8-17(27)13-20(23)29-24/h4-9,13,16,19,21,28,33H,10-12,14-15H2,1-3H3,(H,31,32)/t16?,19-,21+/m0/s1. The molecule has 2 aromatic carbocycles. The smallest absolute Gasteiger partial charge is 0.308 e. The molecule has 2 aliphatic rings. The van der Waals surface area contributed by atoms with E-state index in [1.165, 1.54) is 0 Å². The third kappa shape index (κ3) is 5.71. The minimum absolute atomic E-state index is 0.0663. The zero-order chi connectivity index (χ0) is 24.5. The summed E-state index contributed by atoms with van der Waals surface area (Å²) in [7, 11) is 0. The van der Waals surface area contributed by atoms with Crippen molar-refractivity contribution in [1.82, 2.24) is 10.2 Å². The van der Waals surface area contributed by atoms with Crippen molar-refractivity contribution < 1.29 is 19.7 Å². The number of para-hydroxylation sites is 1. The molecule has 0 radical (unpaired) electrons. The number of hydrogen-bond acceptors (Lipinski definition) is 6. The van der Waals surface area contributed by atoms with Crippen molar-refractivity contribution in [2.75, 3.05) is 19.6 Å². The fourth-order valence-electron chi connectivity index (χ4n) is 4.99. The molecule has 1 saturated heterocycles. The predicted molar refractivity (Wildman–Crippen MR) is 133 cm³/mol. The van der Waals surface area contributed by atoms with Gasteiger partial charge in [-0.15, -0.1) is 0 Å². The largest absolute Gasteiger partial charge is 0.481 e. The molecule has 3 atom stereocenters. The number of piperazine rings is 1. The average Bonchev–Trinajstić information content (AvgIpc) is 2.92. The van der Waals surface area contributed by atoms with Crippen LogP contribution in [0.25, 0.3) is 0 Å². The number of fused-ring (bicyclic) bond motifs is 2. The second kappa shape index (κ2) is 9.94. The summed E-state index contributed by atoms with van der Waals surface area (Å²) >= 11 is 6.24. The number of ether oxygens (including phenoxy) is 1. The predicted octanol–water partition coefficient (Wildman–Crippen LogP) is 4.69. The molecular formula is C26H32ClN3O4. The number of rotatable bonds is 6. The van der Waals surface area contributed by atoms with Crippen LogP contribution < -0.4 is 10.1 Å². The first-order chi connectivity index (χ1) is 16.1. The first kappa shape index (κ1) is 24.5. The molecular weight excluding hydrogens is 454 g/mol. The van der Waals surface area contributed by atoms with Crippen LogP contribution in [0.3, 0.4) is 0 Å². The number of nitrogens with one attached hydrogen (secondary N) is 1. The molecule has 34 heavy (non-hydrogen) atoms. The molecule has 3 N–H and O–H groups in total. The SMILES string of the molecule is CC(C[C@H](C(=O)O)[C@H]1CN(C2=Nc3cc(Cl)ccc3Oc3ccccc32)CCN1)CC(C)(C)O. The Kier molecular flexibility index (Phi) is 7.17. The quantitative estimate of drug-likeness (QED) is 0.549. The zero-order valence-electron chi connectivity index (χ0n) is 19.8. The zero-order valence-corrected chi connectivity index (χ0v) is 20.5. The van der Waals surface area contributed by atoms with Gasteiger partial charge in [0.2, 0.25) is 0 Å². The van der Waals surface area contributed by atoms with Gasteiger partial charge >= 0.3 is 5.97 Å². The molecule has 2 aromatic rings. The summed E-state index contributed by atoms with van der Waals surface area (Å²) in [4.78, 5) is 19.3. The van der Waals surface area contributed by atoms with Crippen LogP contribution >= 0.6 is 11.6 Å². The summed E-state index contributed by atoms with van der Waals surface area (Å²) in [5, 5.41) is 24.2. The number of carboxylic acid groups (broad SMARTS) is 1. The third-order valence-corrected chi connectivity index (χ3v) is 6.54. The van der Waals surface area contributed by atoms with Gasteiger partial charge in [0.15, 0.2) is 5.75 Å². The van der Waals surface area contributed by atoms with Crippen LogP contribution in [0.5, 0.6) is 11.5 Å². The van der Waals surface area contributed by atoms with Crippen LogP contribution in [0.15, 0.2) is 47.5 Å². The van der Waals surface area contributed by atoms with Gasteiger partial charge in [0.25, 0.3) is 0 Å². The monoisotopic (exact) mass is 485 g/mol. The highest BCUT2D eigenvalue weighted by atomic mass is 35.5. The van der Waals surface area contributed by atoms with Crippen molar-refractivity contribution in [3.05, 3.63) is 53.1 Å². The third-order valence-electron chi connectivity index (χ3n) is 6.31. The molecule has 2 aliphatic heterocycles. The minimum atomic E-state index is -0.831. The average molecular weight is 486 g/mol. The van der Waals surface area contributed by atoms with Crippen LogP contribution in [0.2, 0.25) is 5.02 Å². The van der Waals surface area contributed by atoms with E-state index >= 15 is 0 Å². The Morgan fingerprint density at radius 2 is 2.06 bits per heavy atom. The summed E-state index contributed by atoms with van der Waals surface area (Å²) in [6, 6.07) is 12.9. The molecule has 1 unspecified atom stereocenters. The minimum Gasteiger partial charge on any atom is -0.481 e. The molecule has 0 aliphatic carbocycles. The van der Waals surface area contributed by atoms with Gasteiger partial charge in [-0.25, -0.2) is 4.99 Å². The molecule has 8 heteroatoms. The first-order valence-corrected chi connectivity index (χ1v) is 12.1. The lowest BCUT2D eigenvalue weighted by Crippen LogP contribution is -2.57. The molecule has 0 aromatic heterocycles. The maximum atomic E-state index is 12.3. The highest BCUT2D eigenvalue weighted by Gasteiger charge is 2.35. The molecule has 2 heterocycles. The molecule has 0 amide bonds. The number of benzene rings is 2. The Morgan fingerprint density at radius 3 is 2.79 bits per heavy atom. The summed E-state index contributed by atoms with van der Waals surface area (Å²) in [5.41, 5.74) is 0.669.